The predicted molar refractivity (Wildman–Crippen MR) is 230 cm³/mol. The molecular weight excluding hydrogens is 794 g/mol. The molecule has 54 heavy (non-hydrogen) atoms. The van der Waals surface area contributed by atoms with Crippen LogP contribution in [0, 0.1) is 11.3 Å². The van der Waals surface area contributed by atoms with Crippen molar-refractivity contribution in [2.45, 2.75) is 149 Å². The first kappa shape index (κ1) is 41.9. The number of nitrogens with zero attached hydrogens (tertiary/aromatic N) is 4. The summed E-state index contributed by atoms with van der Waals surface area (Å²) >= 11 is 0.0897. The molecule has 1 aromatic heterocycles. The van der Waals surface area contributed by atoms with E-state index in [2.05, 4.69) is 83.8 Å². The third-order valence-electron chi connectivity index (χ3n) is 10.8. The third-order valence-corrected chi connectivity index (χ3v) is 15.4. The van der Waals surface area contributed by atoms with E-state index in [1.165, 1.54) is 136 Å². The van der Waals surface area contributed by atoms with Gasteiger partial charge in [0.2, 0.25) is 0 Å². The Labute approximate surface area is 337 Å². The van der Waals surface area contributed by atoms with Crippen molar-refractivity contribution in [3.8, 4) is 6.07 Å². The van der Waals surface area contributed by atoms with Gasteiger partial charge >= 0.3 is 313 Å². The Morgan fingerprint density at radius 1 is 0.759 bits per heavy atom. The van der Waals surface area contributed by atoms with Crippen LogP contribution in [0.4, 0.5) is 5.69 Å². The van der Waals surface area contributed by atoms with Gasteiger partial charge in [-0.3, -0.25) is 0 Å². The number of Topliss-reactive ketones (excluding diaryl/α,β-unsaturated/α-hetero) is 1. The molecule has 0 bridgehead atoms. The van der Waals surface area contributed by atoms with Gasteiger partial charge < -0.3 is 0 Å². The molecule has 1 aliphatic heterocycles. The Hall–Kier alpha value is -3.22. The Kier molecular flexibility index (Phi) is 17.9. The minimum atomic E-state index is -0.0516. The summed E-state index contributed by atoms with van der Waals surface area (Å²) in [6.45, 7) is 6.37. The molecule has 5 rings (SSSR count). The van der Waals surface area contributed by atoms with Gasteiger partial charge in [-0.25, -0.2) is 0 Å². The molecule has 2 aromatic carbocycles. The van der Waals surface area contributed by atoms with E-state index in [0.717, 1.165) is 35.1 Å². The Balaban J connectivity index is 1.31. The number of para-hydroxylation sites is 2. The van der Waals surface area contributed by atoms with E-state index < -0.39 is 0 Å². The molecule has 0 amide bonds. The van der Waals surface area contributed by atoms with E-state index in [9.17, 15) is 15.5 Å². The van der Waals surface area contributed by atoms with Crippen molar-refractivity contribution >= 4 is 67.1 Å². The number of anilines is 1. The normalized spacial score (nSPS) is 15.3. The van der Waals surface area contributed by atoms with E-state index in [4.69, 9.17) is 0 Å². The van der Waals surface area contributed by atoms with E-state index >= 15 is 0 Å². The fourth-order valence-electron chi connectivity index (χ4n) is 7.68. The summed E-state index contributed by atoms with van der Waals surface area (Å²) in [5, 5.41) is 20.2. The van der Waals surface area contributed by atoms with E-state index in [1.807, 2.05) is 12.2 Å². The molecule has 0 spiro atoms. The molecule has 1 aliphatic carbocycles. The molecule has 2 aliphatic rings. The van der Waals surface area contributed by atoms with E-state index in [-0.39, 0.29) is 40.8 Å². The van der Waals surface area contributed by atoms with Crippen LogP contribution in [0.2, 0.25) is 0 Å². The number of allylic oxidation sites excluding steroid dienone is 5. The molecule has 7 heteroatoms. The van der Waals surface area contributed by atoms with Crippen LogP contribution in [-0.2, 0) is 11.3 Å². The summed E-state index contributed by atoms with van der Waals surface area (Å²) in [4.78, 5) is 16.5. The fourth-order valence-corrected chi connectivity index (χ4v) is 12.4. The number of hydrogen-bond donors (Lipinski definition) is 0. The number of carbonyl (C=O) groups excluding carboxylic acids is 1. The Bertz CT molecular complexity index is 1890. The van der Waals surface area contributed by atoms with Gasteiger partial charge in [0.15, 0.2) is 0 Å². The third kappa shape index (κ3) is 11.4. The second kappa shape index (κ2) is 23.0. The first-order chi connectivity index (χ1) is 26.6. The monoisotopic (exact) mass is 856 g/mol. The second-order valence-electron chi connectivity index (χ2n) is 14.9. The zero-order chi connectivity index (χ0) is 38.0. The van der Waals surface area contributed by atoms with Crippen LogP contribution in [-0.4, -0.2) is 47.7 Å². The van der Waals surface area contributed by atoms with Crippen molar-refractivity contribution in [3.63, 3.8) is 0 Å². The number of aromatic nitrogens is 1. The summed E-state index contributed by atoms with van der Waals surface area (Å²) in [6.07, 6.45) is 29.9. The summed E-state index contributed by atoms with van der Waals surface area (Å²) in [5.74, 6) is 2.08. The average Bonchev–Trinajstić information content (AvgIpc) is 3.73. The molecule has 0 fully saturated rings. The number of ketones is 1. The number of carbonyl (C=O) groups is 1. The number of unbranched alkanes of at least 4 members (excludes halogenated alkanes) is 18. The molecule has 0 saturated carbocycles. The van der Waals surface area contributed by atoms with Gasteiger partial charge in [0.05, 0.1) is 0 Å². The first-order valence-electron chi connectivity index (χ1n) is 21.0. The van der Waals surface area contributed by atoms with Crippen molar-refractivity contribution in [1.29, 1.82) is 5.26 Å². The van der Waals surface area contributed by atoms with Crippen molar-refractivity contribution in [2.24, 2.45) is 0 Å². The summed E-state index contributed by atoms with van der Waals surface area (Å²) < 4.78 is 7.33. The van der Waals surface area contributed by atoms with Gasteiger partial charge in [0.25, 0.3) is 0 Å². The van der Waals surface area contributed by atoms with Crippen LogP contribution < -0.4 is 13.9 Å². The van der Waals surface area contributed by atoms with Gasteiger partial charge in [-0.1, -0.05) is 26.7 Å². The number of fused-ring (bicyclic) bond motifs is 2. The zero-order valence-corrected chi connectivity index (χ0v) is 36.3. The van der Waals surface area contributed by atoms with Crippen molar-refractivity contribution in [3.05, 3.63) is 91.5 Å². The van der Waals surface area contributed by atoms with Crippen LogP contribution in [0.3, 0.4) is 0 Å². The molecule has 2 heterocycles. The first-order valence-corrected chi connectivity index (χ1v) is 24.4. The Morgan fingerprint density at radius 3 is 1.96 bits per heavy atom. The van der Waals surface area contributed by atoms with Crippen LogP contribution in [0.5, 0.6) is 0 Å². The molecule has 0 atom stereocenters. The second-order valence-corrected chi connectivity index (χ2v) is 19.4. The van der Waals surface area contributed by atoms with Gasteiger partial charge in [-0.15, -0.1) is 0 Å². The topological polar surface area (TPSA) is 70.3 Å². The molecule has 0 saturated heterocycles. The molecule has 286 valence electrons. The van der Waals surface area contributed by atoms with Crippen LogP contribution in [0.1, 0.15) is 147 Å². The minimum absolute atomic E-state index is 0.0295. The maximum atomic E-state index is 14.1. The van der Waals surface area contributed by atoms with Crippen LogP contribution in [0.15, 0.2) is 81.5 Å². The molecule has 5 nitrogen and oxygen atoms in total. The fraction of sp³-hybridized carbons (Fsp3) is 0.511. The summed E-state index contributed by atoms with van der Waals surface area (Å²) in [6, 6.07) is 19.3. The summed E-state index contributed by atoms with van der Waals surface area (Å²) in [7, 11) is 0. The Morgan fingerprint density at radius 2 is 1.33 bits per heavy atom. The van der Waals surface area contributed by atoms with Crippen molar-refractivity contribution in [2.75, 3.05) is 11.4 Å². The van der Waals surface area contributed by atoms with E-state index in [1.54, 1.807) is 0 Å². The number of hydrogen-bond acceptors (Lipinski definition) is 3. The standard InChI is InChI=1S/C47H60N4OSe2/c1-3-5-7-9-11-13-15-17-19-25-31-50-40-27-21-23-29-42(40)53-44(50)33-38-46(37(35-48)36-49)39(47(38)52)34-45-51(41-28-22-24-30-43(41)54-45)32-26-20-18-16-14-12-10-8-6-4-2/h21-24,27-30,33-34H,3-20,25-26,31-32H2,1-2H3. The SMILES string of the molecule is CCCCCCCCCCCCN1/C(=C/C2=C(C(=C=[N-])C#N)C(=C/c3[se]c4ccccc4[n+]3CCCCCCCCCCCC)/C2=O)[Se]c2ccccc21. The maximum absolute atomic E-state index is 14.1. The van der Waals surface area contributed by atoms with Crippen molar-refractivity contribution in [1.82, 2.24) is 0 Å². The van der Waals surface area contributed by atoms with Crippen LogP contribution in [0.25, 0.3) is 21.3 Å². The number of aryl methyl sites for hydroxylation is 1. The average molecular weight is 855 g/mol. The molecule has 0 unspecified atom stereocenters. The summed E-state index contributed by atoms with van der Waals surface area (Å²) in [5.41, 5.74) is 4.06. The van der Waals surface area contributed by atoms with Gasteiger partial charge in [-0.05, 0) is 0 Å². The van der Waals surface area contributed by atoms with E-state index in [0.29, 0.717) is 16.7 Å². The molecule has 0 radical (unpaired) electrons. The predicted octanol–water partition coefficient (Wildman–Crippen LogP) is 10.7. The number of benzene rings is 2. The van der Waals surface area contributed by atoms with Crippen molar-refractivity contribution < 1.29 is 9.36 Å². The zero-order valence-electron chi connectivity index (χ0n) is 32.8. The van der Waals surface area contributed by atoms with Gasteiger partial charge in [0.1, 0.15) is 0 Å². The van der Waals surface area contributed by atoms with Gasteiger partial charge in [-0.2, -0.15) is 0 Å². The van der Waals surface area contributed by atoms with Crippen LogP contribution >= 0.6 is 0 Å². The van der Waals surface area contributed by atoms with Gasteiger partial charge in [0, 0.05) is 0 Å². The number of nitriles is 1. The quantitative estimate of drug-likeness (QED) is 0.0213. The number of rotatable bonds is 25. The molecular formula is C47H60N4OSe2. The molecule has 0 N–H and O–H groups in total. The molecule has 3 aromatic rings.